The quantitative estimate of drug-likeness (QED) is 0.403. The van der Waals surface area contributed by atoms with Crippen molar-refractivity contribution in [2.45, 2.75) is 26.8 Å². The fourth-order valence-corrected chi connectivity index (χ4v) is 1.96. The Morgan fingerprint density at radius 3 is 2.61 bits per heavy atom. The summed E-state index contributed by atoms with van der Waals surface area (Å²) in [5.74, 6) is 2.03. The third-order valence-corrected chi connectivity index (χ3v) is 3.13. The molecule has 0 atom stereocenters. The van der Waals surface area contributed by atoms with Gasteiger partial charge in [0, 0.05) is 24.5 Å². The predicted molar refractivity (Wildman–Crippen MR) is 102 cm³/mol. The van der Waals surface area contributed by atoms with Crippen molar-refractivity contribution in [3.63, 3.8) is 0 Å². The molecule has 8 heteroatoms. The standard InChI is InChI=1S/C15H20ClN5O.HI/c1-3-17-15(18-9-8-14-20-11(2)21-22-14)19-10-12-4-6-13(16)7-5-12;/h4-7H,3,8-10H2,1-2H3,(H2,17,18,19);1H. The van der Waals surface area contributed by atoms with Crippen molar-refractivity contribution in [1.29, 1.82) is 0 Å². The van der Waals surface area contributed by atoms with Crippen molar-refractivity contribution in [2.75, 3.05) is 13.1 Å². The maximum Gasteiger partial charge on any atom is 0.228 e. The first-order valence-corrected chi connectivity index (χ1v) is 7.61. The third kappa shape index (κ3) is 7.17. The van der Waals surface area contributed by atoms with Crippen molar-refractivity contribution in [3.8, 4) is 0 Å². The summed E-state index contributed by atoms with van der Waals surface area (Å²) in [6.07, 6.45) is 0.659. The molecule has 2 rings (SSSR count). The Hall–Kier alpha value is -1.35. The van der Waals surface area contributed by atoms with Crippen LogP contribution in [0.3, 0.4) is 0 Å². The van der Waals surface area contributed by atoms with Crippen LogP contribution in [0.2, 0.25) is 5.02 Å². The molecule has 0 radical (unpaired) electrons. The van der Waals surface area contributed by atoms with Gasteiger partial charge >= 0.3 is 0 Å². The first-order chi connectivity index (χ1) is 10.7. The van der Waals surface area contributed by atoms with Crippen LogP contribution in [-0.2, 0) is 13.0 Å². The molecule has 0 spiro atoms. The molecule has 0 aliphatic heterocycles. The first kappa shape index (κ1) is 19.7. The molecule has 6 nitrogen and oxygen atoms in total. The molecule has 1 aromatic heterocycles. The fraction of sp³-hybridized carbons (Fsp3) is 0.400. The van der Waals surface area contributed by atoms with E-state index < -0.39 is 0 Å². The molecule has 1 heterocycles. The summed E-state index contributed by atoms with van der Waals surface area (Å²) in [5.41, 5.74) is 1.11. The second-order valence-electron chi connectivity index (χ2n) is 4.73. The zero-order chi connectivity index (χ0) is 15.8. The maximum atomic E-state index is 5.87. The molecule has 0 aliphatic rings. The van der Waals surface area contributed by atoms with E-state index in [2.05, 4.69) is 25.8 Å². The highest BCUT2D eigenvalue weighted by molar-refractivity contribution is 14.0. The van der Waals surface area contributed by atoms with E-state index in [0.29, 0.717) is 31.2 Å². The maximum absolute atomic E-state index is 5.87. The number of nitrogens with zero attached hydrogens (tertiary/aromatic N) is 3. The average Bonchev–Trinajstić information content (AvgIpc) is 2.92. The van der Waals surface area contributed by atoms with E-state index in [9.17, 15) is 0 Å². The second kappa shape index (κ2) is 10.4. The van der Waals surface area contributed by atoms with Gasteiger partial charge in [0.05, 0.1) is 6.54 Å². The smallest absolute Gasteiger partial charge is 0.228 e. The number of aliphatic imine (C=N–C) groups is 1. The van der Waals surface area contributed by atoms with Gasteiger partial charge in [-0.3, -0.25) is 0 Å². The van der Waals surface area contributed by atoms with Crippen LogP contribution in [0.15, 0.2) is 33.8 Å². The van der Waals surface area contributed by atoms with Crippen LogP contribution in [0.25, 0.3) is 0 Å². The number of rotatable bonds is 6. The Morgan fingerprint density at radius 2 is 2.00 bits per heavy atom. The number of nitrogens with one attached hydrogen (secondary N) is 2. The zero-order valence-electron chi connectivity index (χ0n) is 13.2. The summed E-state index contributed by atoms with van der Waals surface area (Å²) in [5, 5.41) is 10.9. The van der Waals surface area contributed by atoms with Gasteiger partial charge in [-0.2, -0.15) is 4.98 Å². The van der Waals surface area contributed by atoms with E-state index in [1.807, 2.05) is 31.2 Å². The number of halogens is 2. The minimum absolute atomic E-state index is 0. The summed E-state index contributed by atoms with van der Waals surface area (Å²) < 4.78 is 5.07. The summed E-state index contributed by atoms with van der Waals surface area (Å²) in [7, 11) is 0. The zero-order valence-corrected chi connectivity index (χ0v) is 16.3. The fourth-order valence-electron chi connectivity index (χ4n) is 1.83. The molecule has 0 saturated heterocycles. The summed E-state index contributed by atoms with van der Waals surface area (Å²) in [6.45, 7) is 5.89. The molecule has 0 fully saturated rings. The van der Waals surface area contributed by atoms with Gasteiger partial charge in [0.2, 0.25) is 5.89 Å². The van der Waals surface area contributed by atoms with Crippen LogP contribution < -0.4 is 10.6 Å². The summed E-state index contributed by atoms with van der Waals surface area (Å²) in [4.78, 5) is 8.70. The lowest BCUT2D eigenvalue weighted by atomic mass is 10.2. The van der Waals surface area contributed by atoms with E-state index in [0.717, 1.165) is 23.1 Å². The van der Waals surface area contributed by atoms with Gasteiger partial charge in [0.15, 0.2) is 11.8 Å². The second-order valence-corrected chi connectivity index (χ2v) is 5.17. The van der Waals surface area contributed by atoms with Crippen molar-refractivity contribution in [2.24, 2.45) is 4.99 Å². The van der Waals surface area contributed by atoms with Crippen molar-refractivity contribution >= 4 is 41.5 Å². The lowest BCUT2D eigenvalue weighted by molar-refractivity contribution is 0.374. The molecular weight excluding hydrogens is 429 g/mol. The monoisotopic (exact) mass is 449 g/mol. The molecule has 0 aliphatic carbocycles. The lowest BCUT2D eigenvalue weighted by Gasteiger charge is -2.10. The molecule has 126 valence electrons. The Labute approximate surface area is 158 Å². The molecule has 0 amide bonds. The molecule has 23 heavy (non-hydrogen) atoms. The number of aromatic nitrogens is 2. The molecular formula is C15H21ClIN5O. The molecule has 2 N–H and O–H groups in total. The molecule has 2 aromatic rings. The topological polar surface area (TPSA) is 75.3 Å². The number of guanidine groups is 1. The Morgan fingerprint density at radius 1 is 1.26 bits per heavy atom. The number of aryl methyl sites for hydroxylation is 1. The SMILES string of the molecule is CCNC(=NCc1ccc(Cl)cc1)NCCc1nc(C)no1.I. The van der Waals surface area contributed by atoms with Crippen LogP contribution in [0.4, 0.5) is 0 Å². The van der Waals surface area contributed by atoms with Crippen LogP contribution in [0.1, 0.15) is 24.2 Å². The van der Waals surface area contributed by atoms with Crippen LogP contribution >= 0.6 is 35.6 Å². The third-order valence-electron chi connectivity index (χ3n) is 2.88. The van der Waals surface area contributed by atoms with Gasteiger partial charge in [-0.25, -0.2) is 4.99 Å². The summed E-state index contributed by atoms with van der Waals surface area (Å²) in [6, 6.07) is 7.67. The minimum atomic E-state index is 0. The predicted octanol–water partition coefficient (Wildman–Crippen LogP) is 2.95. The van der Waals surface area contributed by atoms with E-state index in [1.165, 1.54) is 0 Å². The Balaban J connectivity index is 0.00000264. The molecule has 0 bridgehead atoms. The van der Waals surface area contributed by atoms with Crippen LogP contribution in [-0.4, -0.2) is 29.2 Å². The highest BCUT2D eigenvalue weighted by atomic mass is 127. The van der Waals surface area contributed by atoms with Gasteiger partial charge < -0.3 is 15.2 Å². The van der Waals surface area contributed by atoms with Gasteiger partial charge in [-0.15, -0.1) is 24.0 Å². The average molecular weight is 450 g/mol. The summed E-state index contributed by atoms with van der Waals surface area (Å²) >= 11 is 5.87. The highest BCUT2D eigenvalue weighted by Gasteiger charge is 2.03. The largest absolute Gasteiger partial charge is 0.357 e. The number of benzene rings is 1. The number of hydrogen-bond donors (Lipinski definition) is 2. The molecule has 0 saturated carbocycles. The van der Waals surface area contributed by atoms with Crippen molar-refractivity contribution in [3.05, 3.63) is 46.6 Å². The van der Waals surface area contributed by atoms with Gasteiger partial charge in [0.25, 0.3) is 0 Å². The highest BCUT2D eigenvalue weighted by Crippen LogP contribution is 2.10. The van der Waals surface area contributed by atoms with Crippen molar-refractivity contribution < 1.29 is 4.52 Å². The Bertz CT molecular complexity index is 615. The minimum Gasteiger partial charge on any atom is -0.357 e. The Kier molecular flexibility index (Phi) is 8.93. The van der Waals surface area contributed by atoms with E-state index in [-0.39, 0.29) is 24.0 Å². The molecule has 0 unspecified atom stereocenters. The van der Waals surface area contributed by atoms with E-state index in [1.54, 1.807) is 6.92 Å². The van der Waals surface area contributed by atoms with E-state index in [4.69, 9.17) is 16.1 Å². The first-order valence-electron chi connectivity index (χ1n) is 7.23. The number of hydrogen-bond acceptors (Lipinski definition) is 4. The lowest BCUT2D eigenvalue weighted by Crippen LogP contribution is -2.38. The van der Waals surface area contributed by atoms with Gasteiger partial charge in [-0.05, 0) is 31.5 Å². The van der Waals surface area contributed by atoms with Gasteiger partial charge in [-0.1, -0.05) is 28.9 Å². The van der Waals surface area contributed by atoms with Gasteiger partial charge in [0.1, 0.15) is 0 Å². The molecule has 1 aromatic carbocycles. The van der Waals surface area contributed by atoms with E-state index >= 15 is 0 Å². The van der Waals surface area contributed by atoms with Crippen LogP contribution in [0.5, 0.6) is 0 Å². The normalized spacial score (nSPS) is 11.0. The van der Waals surface area contributed by atoms with Crippen molar-refractivity contribution in [1.82, 2.24) is 20.8 Å². The van der Waals surface area contributed by atoms with Crippen LogP contribution in [0, 0.1) is 6.92 Å².